The van der Waals surface area contributed by atoms with Gasteiger partial charge >= 0.3 is 5.97 Å². The first-order chi connectivity index (χ1) is 16.5. The highest BCUT2D eigenvalue weighted by Gasteiger charge is 2.13. The Labute approximate surface area is 203 Å². The molecule has 1 aromatic heterocycles. The number of nitriles is 1. The van der Waals surface area contributed by atoms with Crippen molar-refractivity contribution in [2.75, 3.05) is 5.32 Å². The third-order valence-corrected chi connectivity index (χ3v) is 5.64. The first-order valence-corrected chi connectivity index (χ1v) is 11.1. The van der Waals surface area contributed by atoms with Crippen molar-refractivity contribution in [2.24, 2.45) is 0 Å². The minimum Gasteiger partial charge on any atom is -0.423 e. The SMILES string of the molecule is N#C/C(=C/c1ccc(OC(=O)c2ccc(Cl)cc2)cc1)c1nnc(NC(=O)c2ccccc2)s1. The molecule has 7 nitrogen and oxygen atoms in total. The summed E-state index contributed by atoms with van der Waals surface area (Å²) in [6.07, 6.45) is 1.63. The lowest BCUT2D eigenvalue weighted by molar-refractivity contribution is 0.0734. The number of amides is 1. The van der Waals surface area contributed by atoms with Crippen LogP contribution in [0.15, 0.2) is 78.9 Å². The van der Waals surface area contributed by atoms with Crippen LogP contribution in [0, 0.1) is 11.3 Å². The molecule has 0 aliphatic carbocycles. The monoisotopic (exact) mass is 486 g/mol. The number of rotatable bonds is 6. The molecule has 3 aromatic carbocycles. The molecule has 0 spiro atoms. The Balaban J connectivity index is 1.43. The van der Waals surface area contributed by atoms with Gasteiger partial charge in [0.1, 0.15) is 11.8 Å². The zero-order valence-corrected chi connectivity index (χ0v) is 19.0. The smallest absolute Gasteiger partial charge is 0.343 e. The largest absolute Gasteiger partial charge is 0.423 e. The quantitative estimate of drug-likeness (QED) is 0.212. The van der Waals surface area contributed by atoms with Gasteiger partial charge in [-0.2, -0.15) is 5.26 Å². The van der Waals surface area contributed by atoms with Gasteiger partial charge in [-0.05, 0) is 60.2 Å². The molecule has 0 atom stereocenters. The second-order valence-corrected chi connectivity index (χ2v) is 8.28. The lowest BCUT2D eigenvalue weighted by atomic mass is 10.1. The summed E-state index contributed by atoms with van der Waals surface area (Å²) in [5.41, 5.74) is 1.86. The number of aromatic nitrogens is 2. The number of benzene rings is 3. The van der Waals surface area contributed by atoms with E-state index in [9.17, 15) is 14.9 Å². The topological polar surface area (TPSA) is 105 Å². The predicted octanol–water partition coefficient (Wildman–Crippen LogP) is 5.73. The minimum atomic E-state index is -0.503. The number of hydrogen-bond acceptors (Lipinski definition) is 7. The first kappa shape index (κ1) is 22.9. The average molecular weight is 487 g/mol. The summed E-state index contributed by atoms with van der Waals surface area (Å²) in [6, 6.07) is 23.9. The zero-order chi connectivity index (χ0) is 23.9. The number of ether oxygens (including phenoxy) is 1. The molecule has 0 saturated heterocycles. The van der Waals surface area contributed by atoms with Crippen LogP contribution in [0.3, 0.4) is 0 Å². The molecule has 0 fully saturated rings. The molecular formula is C25H15ClN4O3S. The van der Waals surface area contributed by atoms with Crippen molar-refractivity contribution in [1.29, 1.82) is 5.26 Å². The van der Waals surface area contributed by atoms with Crippen LogP contribution >= 0.6 is 22.9 Å². The van der Waals surface area contributed by atoms with Crippen molar-refractivity contribution < 1.29 is 14.3 Å². The number of nitrogens with one attached hydrogen (secondary N) is 1. The number of nitrogens with zero attached hydrogens (tertiary/aromatic N) is 3. The van der Waals surface area contributed by atoms with Crippen molar-refractivity contribution in [2.45, 2.75) is 0 Å². The van der Waals surface area contributed by atoms with Gasteiger partial charge in [-0.15, -0.1) is 10.2 Å². The van der Waals surface area contributed by atoms with Crippen LogP contribution in [-0.4, -0.2) is 22.1 Å². The van der Waals surface area contributed by atoms with E-state index >= 15 is 0 Å². The van der Waals surface area contributed by atoms with Gasteiger partial charge in [0, 0.05) is 10.6 Å². The van der Waals surface area contributed by atoms with Crippen LogP contribution < -0.4 is 10.1 Å². The summed E-state index contributed by atoms with van der Waals surface area (Å²) in [5.74, 6) is -0.455. The molecule has 1 amide bonds. The highest BCUT2D eigenvalue weighted by Crippen LogP contribution is 2.25. The van der Waals surface area contributed by atoms with Crippen molar-refractivity contribution >= 4 is 51.6 Å². The van der Waals surface area contributed by atoms with Crippen molar-refractivity contribution in [3.05, 3.63) is 106 Å². The van der Waals surface area contributed by atoms with Gasteiger partial charge in [-0.3, -0.25) is 10.1 Å². The maximum atomic E-state index is 12.3. The van der Waals surface area contributed by atoms with Gasteiger partial charge in [-0.25, -0.2) is 4.79 Å². The van der Waals surface area contributed by atoms with Crippen LogP contribution in [0.25, 0.3) is 11.6 Å². The van der Waals surface area contributed by atoms with Crippen LogP contribution in [0.5, 0.6) is 5.75 Å². The Morgan fingerprint density at radius 3 is 2.32 bits per heavy atom. The number of halogens is 1. The van der Waals surface area contributed by atoms with Gasteiger partial charge in [0.2, 0.25) is 5.13 Å². The molecule has 1 heterocycles. The molecule has 4 aromatic rings. The van der Waals surface area contributed by atoms with Gasteiger partial charge in [0.15, 0.2) is 5.01 Å². The van der Waals surface area contributed by atoms with Gasteiger partial charge in [0.05, 0.1) is 11.1 Å². The molecule has 0 radical (unpaired) electrons. The normalized spacial score (nSPS) is 10.9. The maximum Gasteiger partial charge on any atom is 0.343 e. The van der Waals surface area contributed by atoms with Gasteiger partial charge in [0.25, 0.3) is 5.91 Å². The predicted molar refractivity (Wildman–Crippen MR) is 131 cm³/mol. The molecule has 1 N–H and O–H groups in total. The number of carbonyl (C=O) groups is 2. The Kier molecular flexibility index (Phi) is 7.08. The number of carbonyl (C=O) groups excluding carboxylic acids is 2. The molecule has 4 rings (SSSR count). The molecule has 9 heteroatoms. The van der Waals surface area contributed by atoms with Crippen LogP contribution in [0.1, 0.15) is 31.3 Å². The van der Waals surface area contributed by atoms with E-state index in [1.807, 2.05) is 6.07 Å². The molecule has 0 bridgehead atoms. The van der Waals surface area contributed by atoms with Gasteiger partial charge < -0.3 is 4.74 Å². The Hall–Kier alpha value is -4.32. The van der Waals surface area contributed by atoms with E-state index < -0.39 is 5.97 Å². The third kappa shape index (κ3) is 5.72. The molecule has 0 saturated carbocycles. The standard InChI is InChI=1S/C25H15ClN4O3S/c26-20-10-8-18(9-11-20)24(32)33-21-12-6-16(7-13-21)14-19(15-27)23-29-30-25(34-23)28-22(31)17-4-2-1-3-5-17/h1-14H,(H,28,30,31)/b19-14-. The van der Waals surface area contributed by atoms with E-state index in [-0.39, 0.29) is 16.6 Å². The Morgan fingerprint density at radius 1 is 0.941 bits per heavy atom. The number of allylic oxidation sites excluding steroid dienone is 1. The van der Waals surface area contributed by atoms with E-state index in [0.29, 0.717) is 32.5 Å². The average Bonchev–Trinajstić information content (AvgIpc) is 3.32. The fourth-order valence-electron chi connectivity index (χ4n) is 2.83. The van der Waals surface area contributed by atoms with E-state index in [4.69, 9.17) is 16.3 Å². The van der Waals surface area contributed by atoms with Crippen molar-refractivity contribution in [3.63, 3.8) is 0 Å². The van der Waals surface area contributed by atoms with E-state index in [1.54, 1.807) is 78.9 Å². The number of esters is 1. The fourth-order valence-corrected chi connectivity index (χ4v) is 3.66. The summed E-state index contributed by atoms with van der Waals surface area (Å²) in [6.45, 7) is 0. The molecule has 34 heavy (non-hydrogen) atoms. The molecule has 166 valence electrons. The van der Waals surface area contributed by atoms with Gasteiger partial charge in [-0.1, -0.05) is 53.3 Å². The summed E-state index contributed by atoms with van der Waals surface area (Å²) in [7, 11) is 0. The highest BCUT2D eigenvalue weighted by molar-refractivity contribution is 7.16. The van der Waals surface area contributed by atoms with Crippen LogP contribution in [-0.2, 0) is 0 Å². The van der Waals surface area contributed by atoms with Crippen LogP contribution in [0.4, 0.5) is 5.13 Å². The number of anilines is 1. The summed E-state index contributed by atoms with van der Waals surface area (Å²) in [5, 5.41) is 21.4. The molecule has 0 unspecified atom stereocenters. The summed E-state index contributed by atoms with van der Waals surface area (Å²) in [4.78, 5) is 24.5. The second-order valence-electron chi connectivity index (χ2n) is 6.87. The lowest BCUT2D eigenvalue weighted by Gasteiger charge is -2.05. The molecular weight excluding hydrogens is 472 g/mol. The van der Waals surface area contributed by atoms with Crippen molar-refractivity contribution in [3.8, 4) is 11.8 Å². The first-order valence-electron chi connectivity index (χ1n) is 9.92. The molecule has 0 aliphatic heterocycles. The third-order valence-electron chi connectivity index (χ3n) is 4.51. The summed E-state index contributed by atoms with van der Waals surface area (Å²) < 4.78 is 5.36. The summed E-state index contributed by atoms with van der Waals surface area (Å²) >= 11 is 6.93. The lowest BCUT2D eigenvalue weighted by Crippen LogP contribution is -2.11. The Morgan fingerprint density at radius 2 is 1.65 bits per heavy atom. The second kappa shape index (κ2) is 10.5. The maximum absolute atomic E-state index is 12.3. The van der Waals surface area contributed by atoms with E-state index in [1.165, 1.54) is 0 Å². The Bertz CT molecular complexity index is 1390. The van der Waals surface area contributed by atoms with Crippen molar-refractivity contribution in [1.82, 2.24) is 10.2 Å². The minimum absolute atomic E-state index is 0.281. The fraction of sp³-hybridized carbons (Fsp3) is 0. The molecule has 0 aliphatic rings. The van der Waals surface area contributed by atoms with Crippen LogP contribution in [0.2, 0.25) is 5.02 Å². The number of hydrogen-bond donors (Lipinski definition) is 1. The zero-order valence-electron chi connectivity index (χ0n) is 17.4. The van der Waals surface area contributed by atoms with E-state index in [2.05, 4.69) is 21.6 Å². The van der Waals surface area contributed by atoms with E-state index in [0.717, 1.165) is 11.3 Å². The highest BCUT2D eigenvalue weighted by atomic mass is 35.5.